The summed E-state index contributed by atoms with van der Waals surface area (Å²) >= 11 is 1.22. The van der Waals surface area contributed by atoms with Gasteiger partial charge < -0.3 is 9.64 Å². The number of amides is 1. The summed E-state index contributed by atoms with van der Waals surface area (Å²) in [4.78, 5) is 45.4. The molecule has 0 bridgehead atoms. The summed E-state index contributed by atoms with van der Waals surface area (Å²) in [5.74, 6) is -0.431. The molecule has 1 unspecified atom stereocenters. The number of piperidine rings is 1. The maximum Gasteiger partial charge on any atom is 0.328 e. The van der Waals surface area contributed by atoms with Crippen LogP contribution in [0, 0.1) is 13.8 Å². The lowest BCUT2D eigenvalue weighted by molar-refractivity contribution is -0.155. The number of likely N-dealkylation sites (tertiary alicyclic amines) is 1. The molecule has 0 spiro atoms. The molecule has 0 radical (unpaired) electrons. The van der Waals surface area contributed by atoms with Crippen molar-refractivity contribution in [2.75, 3.05) is 18.9 Å². The van der Waals surface area contributed by atoms with Crippen LogP contribution in [-0.2, 0) is 14.3 Å². The highest BCUT2D eigenvalue weighted by Crippen LogP contribution is 2.25. The third-order valence-corrected chi connectivity index (χ3v) is 7.12. The summed E-state index contributed by atoms with van der Waals surface area (Å²) in [5, 5.41) is 0.972. The molecular weight excluding hydrogens is 450 g/mol. The molecule has 34 heavy (non-hydrogen) atoms. The van der Waals surface area contributed by atoms with Gasteiger partial charge >= 0.3 is 5.97 Å². The standard InChI is InChI=1S/C26H29N3O4S/c1-4-33-25(32)22-11-7-8-14-28(22)23(30)16-34-26-27-21-10-6-5-9-20(21)24(31)29(26)19-13-12-17(2)18(3)15-19/h5-6,9-10,12-13,15,22H,4,7-8,11,14,16H2,1-3H3. The van der Waals surface area contributed by atoms with Crippen molar-refractivity contribution >= 4 is 34.5 Å². The zero-order valence-corrected chi connectivity index (χ0v) is 20.6. The molecular formula is C26H29N3O4S. The summed E-state index contributed by atoms with van der Waals surface area (Å²) in [7, 11) is 0. The van der Waals surface area contributed by atoms with Gasteiger partial charge in [-0.15, -0.1) is 0 Å². The first kappa shape index (κ1) is 24.0. The molecule has 178 valence electrons. The number of para-hydroxylation sites is 1. The van der Waals surface area contributed by atoms with Crippen LogP contribution in [0.4, 0.5) is 0 Å². The molecule has 1 aliphatic rings. The van der Waals surface area contributed by atoms with Crippen LogP contribution in [0.25, 0.3) is 16.6 Å². The fourth-order valence-electron chi connectivity index (χ4n) is 4.22. The number of fused-ring (bicyclic) bond motifs is 1. The van der Waals surface area contributed by atoms with Gasteiger partial charge in [-0.3, -0.25) is 14.2 Å². The minimum absolute atomic E-state index is 0.0749. The zero-order valence-electron chi connectivity index (χ0n) is 19.7. The number of esters is 1. The largest absolute Gasteiger partial charge is 0.464 e. The topological polar surface area (TPSA) is 81.5 Å². The number of carbonyl (C=O) groups excluding carboxylic acids is 2. The molecule has 4 rings (SSSR count). The Labute approximate surface area is 203 Å². The van der Waals surface area contributed by atoms with E-state index in [0.717, 1.165) is 24.0 Å². The van der Waals surface area contributed by atoms with E-state index in [4.69, 9.17) is 9.72 Å². The molecule has 1 fully saturated rings. The Bertz CT molecular complexity index is 1290. The van der Waals surface area contributed by atoms with Gasteiger partial charge in [0, 0.05) is 6.54 Å². The second-order valence-corrected chi connectivity index (χ2v) is 9.40. The molecule has 1 atom stereocenters. The van der Waals surface area contributed by atoms with E-state index < -0.39 is 6.04 Å². The van der Waals surface area contributed by atoms with E-state index in [1.807, 2.05) is 44.2 Å². The monoisotopic (exact) mass is 479 g/mol. The highest BCUT2D eigenvalue weighted by molar-refractivity contribution is 7.99. The van der Waals surface area contributed by atoms with E-state index in [9.17, 15) is 14.4 Å². The maximum absolute atomic E-state index is 13.5. The lowest BCUT2D eigenvalue weighted by Gasteiger charge is -2.34. The minimum Gasteiger partial charge on any atom is -0.464 e. The second kappa shape index (κ2) is 10.4. The van der Waals surface area contributed by atoms with E-state index in [2.05, 4.69) is 0 Å². The van der Waals surface area contributed by atoms with Crippen LogP contribution >= 0.6 is 11.8 Å². The third-order valence-electron chi connectivity index (χ3n) is 6.20. The van der Waals surface area contributed by atoms with E-state index >= 15 is 0 Å². The third kappa shape index (κ3) is 4.87. The first-order valence-corrected chi connectivity index (χ1v) is 12.6. The number of hydrogen-bond donors (Lipinski definition) is 0. The predicted octanol–water partition coefficient (Wildman–Crippen LogP) is 4.04. The van der Waals surface area contributed by atoms with Crippen molar-refractivity contribution in [3.63, 3.8) is 0 Å². The Kier molecular flexibility index (Phi) is 7.36. The number of thioether (sulfide) groups is 1. The summed E-state index contributed by atoms with van der Waals surface area (Å²) < 4.78 is 6.76. The summed E-state index contributed by atoms with van der Waals surface area (Å²) in [5.41, 5.74) is 3.32. The number of benzene rings is 2. The number of aromatic nitrogens is 2. The fraction of sp³-hybridized carbons (Fsp3) is 0.385. The Hall–Kier alpha value is -3.13. The molecule has 0 saturated carbocycles. The number of hydrogen-bond acceptors (Lipinski definition) is 6. The van der Waals surface area contributed by atoms with Crippen LogP contribution < -0.4 is 5.56 Å². The number of aryl methyl sites for hydroxylation is 2. The highest BCUT2D eigenvalue weighted by atomic mass is 32.2. The van der Waals surface area contributed by atoms with Crippen molar-refractivity contribution in [1.29, 1.82) is 0 Å². The molecule has 1 aromatic heterocycles. The first-order chi connectivity index (χ1) is 16.4. The van der Waals surface area contributed by atoms with E-state index in [1.165, 1.54) is 11.8 Å². The second-order valence-electron chi connectivity index (χ2n) is 8.46. The molecule has 1 saturated heterocycles. The highest BCUT2D eigenvalue weighted by Gasteiger charge is 2.33. The molecule has 1 amide bonds. The Morgan fingerprint density at radius 2 is 1.91 bits per heavy atom. The normalized spacial score (nSPS) is 16.0. The molecule has 2 aromatic carbocycles. The Morgan fingerprint density at radius 1 is 1.12 bits per heavy atom. The summed E-state index contributed by atoms with van der Waals surface area (Å²) in [6, 6.07) is 12.5. The van der Waals surface area contributed by atoms with Gasteiger partial charge in [0.2, 0.25) is 5.91 Å². The van der Waals surface area contributed by atoms with Gasteiger partial charge in [0.05, 0.1) is 29.0 Å². The molecule has 2 heterocycles. The van der Waals surface area contributed by atoms with Crippen LogP contribution in [0.5, 0.6) is 0 Å². The molecule has 7 nitrogen and oxygen atoms in total. The van der Waals surface area contributed by atoms with E-state index in [0.29, 0.717) is 34.7 Å². The van der Waals surface area contributed by atoms with Gasteiger partial charge in [0.25, 0.3) is 5.56 Å². The van der Waals surface area contributed by atoms with Crippen molar-refractivity contribution in [3.05, 3.63) is 63.9 Å². The molecule has 3 aromatic rings. The molecule has 8 heteroatoms. The van der Waals surface area contributed by atoms with E-state index in [-0.39, 0.29) is 29.8 Å². The van der Waals surface area contributed by atoms with Gasteiger partial charge in [-0.05, 0) is 75.4 Å². The van der Waals surface area contributed by atoms with Crippen LogP contribution in [-0.4, -0.2) is 51.3 Å². The average molecular weight is 480 g/mol. The Morgan fingerprint density at radius 3 is 2.68 bits per heavy atom. The van der Waals surface area contributed by atoms with Gasteiger partial charge in [0.15, 0.2) is 5.16 Å². The predicted molar refractivity (Wildman–Crippen MR) is 134 cm³/mol. The Balaban J connectivity index is 1.67. The van der Waals surface area contributed by atoms with Crippen LogP contribution in [0.3, 0.4) is 0 Å². The SMILES string of the molecule is CCOC(=O)C1CCCCN1C(=O)CSc1nc2ccccc2c(=O)n1-c1ccc(C)c(C)c1. The van der Waals surface area contributed by atoms with Crippen molar-refractivity contribution in [1.82, 2.24) is 14.5 Å². The summed E-state index contributed by atoms with van der Waals surface area (Å²) in [6.45, 7) is 6.60. The van der Waals surface area contributed by atoms with Crippen LogP contribution in [0.1, 0.15) is 37.3 Å². The number of nitrogens with zero attached hydrogens (tertiary/aromatic N) is 3. The van der Waals surface area contributed by atoms with E-state index in [1.54, 1.807) is 28.5 Å². The van der Waals surface area contributed by atoms with Gasteiger partial charge in [-0.1, -0.05) is 30.0 Å². The van der Waals surface area contributed by atoms with Gasteiger partial charge in [0.1, 0.15) is 6.04 Å². The maximum atomic E-state index is 13.5. The van der Waals surface area contributed by atoms with Crippen molar-refractivity contribution in [3.8, 4) is 5.69 Å². The van der Waals surface area contributed by atoms with Crippen LogP contribution in [0.2, 0.25) is 0 Å². The average Bonchev–Trinajstić information content (AvgIpc) is 2.84. The molecule has 1 aliphatic heterocycles. The lowest BCUT2D eigenvalue weighted by atomic mass is 10.0. The molecule has 0 aliphatic carbocycles. The van der Waals surface area contributed by atoms with Crippen LogP contribution in [0.15, 0.2) is 52.4 Å². The van der Waals surface area contributed by atoms with Crippen molar-refractivity contribution in [2.24, 2.45) is 0 Å². The number of rotatable bonds is 6. The number of carbonyl (C=O) groups is 2. The lowest BCUT2D eigenvalue weighted by Crippen LogP contribution is -2.49. The molecule has 0 N–H and O–H groups in total. The first-order valence-electron chi connectivity index (χ1n) is 11.6. The smallest absolute Gasteiger partial charge is 0.328 e. The van der Waals surface area contributed by atoms with Gasteiger partial charge in [-0.2, -0.15) is 0 Å². The number of ether oxygens (including phenoxy) is 1. The minimum atomic E-state index is -0.548. The zero-order chi connectivity index (χ0) is 24.2. The van der Waals surface area contributed by atoms with Crippen molar-refractivity contribution < 1.29 is 14.3 Å². The van der Waals surface area contributed by atoms with Gasteiger partial charge in [-0.25, -0.2) is 9.78 Å². The van der Waals surface area contributed by atoms with Crippen molar-refractivity contribution in [2.45, 2.75) is 51.2 Å². The quantitative estimate of drug-likeness (QED) is 0.302. The fourth-order valence-corrected chi connectivity index (χ4v) is 5.12. The summed E-state index contributed by atoms with van der Waals surface area (Å²) in [6.07, 6.45) is 2.35.